The third-order valence-electron chi connectivity index (χ3n) is 5.48. The molecule has 2 saturated heterocycles. The summed E-state index contributed by atoms with van der Waals surface area (Å²) in [4.78, 5) is 17.0. The van der Waals surface area contributed by atoms with Gasteiger partial charge in [0.2, 0.25) is 0 Å². The molecule has 2 aliphatic rings. The molecule has 1 aromatic heterocycles. The Balaban J connectivity index is 0.00000160. The minimum Gasteiger partial charge on any atom is -0.492 e. The maximum absolute atomic E-state index is 12.9. The largest absolute Gasteiger partial charge is 0.492 e. The fourth-order valence-electron chi connectivity index (χ4n) is 3.93. The number of para-hydroxylation sites is 2. The number of amides is 1. The summed E-state index contributed by atoms with van der Waals surface area (Å²) < 4.78 is 7.61. The molecule has 0 aliphatic carbocycles. The van der Waals surface area contributed by atoms with Gasteiger partial charge in [0.15, 0.2) is 5.69 Å². The SMILES string of the molecule is CCOc1ccccc1N1CCN(C(=O)c2cn(C3CCNCC3)nn2)CC1.Cl.Cl. The average molecular weight is 457 g/mol. The first-order chi connectivity index (χ1) is 13.8. The summed E-state index contributed by atoms with van der Waals surface area (Å²) in [6, 6.07) is 8.42. The molecule has 0 radical (unpaired) electrons. The quantitative estimate of drug-likeness (QED) is 0.744. The van der Waals surface area contributed by atoms with Crippen LogP contribution in [0.2, 0.25) is 0 Å². The van der Waals surface area contributed by atoms with Crippen molar-refractivity contribution in [2.75, 3.05) is 50.8 Å². The highest BCUT2D eigenvalue weighted by atomic mass is 35.5. The summed E-state index contributed by atoms with van der Waals surface area (Å²) in [6.45, 7) is 7.49. The van der Waals surface area contributed by atoms with Crippen LogP contribution in [0.15, 0.2) is 30.5 Å². The van der Waals surface area contributed by atoms with E-state index >= 15 is 0 Å². The molecule has 166 valence electrons. The summed E-state index contributed by atoms with van der Waals surface area (Å²) in [5.74, 6) is 0.868. The maximum atomic E-state index is 12.9. The number of carbonyl (C=O) groups excluding carboxylic acids is 1. The van der Waals surface area contributed by atoms with Crippen molar-refractivity contribution in [1.82, 2.24) is 25.2 Å². The molecular formula is C20H30Cl2N6O2. The highest BCUT2D eigenvalue weighted by Crippen LogP contribution is 2.29. The first kappa shape index (κ1) is 24.2. The molecule has 30 heavy (non-hydrogen) atoms. The highest BCUT2D eigenvalue weighted by molar-refractivity contribution is 5.92. The Labute approximate surface area is 189 Å². The molecule has 2 fully saturated rings. The van der Waals surface area contributed by atoms with Gasteiger partial charge in [0.1, 0.15) is 5.75 Å². The number of halogens is 2. The van der Waals surface area contributed by atoms with Gasteiger partial charge in [-0.3, -0.25) is 4.79 Å². The van der Waals surface area contributed by atoms with Crippen LogP contribution in [0, 0.1) is 0 Å². The number of anilines is 1. The normalized spacial score (nSPS) is 17.1. The zero-order valence-electron chi connectivity index (χ0n) is 17.2. The van der Waals surface area contributed by atoms with Gasteiger partial charge in [-0.1, -0.05) is 17.3 Å². The van der Waals surface area contributed by atoms with E-state index in [9.17, 15) is 4.79 Å². The number of rotatable bonds is 5. The number of aromatic nitrogens is 3. The Hall–Kier alpha value is -2.03. The van der Waals surface area contributed by atoms with Crippen molar-refractivity contribution >= 4 is 36.4 Å². The van der Waals surface area contributed by atoms with E-state index in [-0.39, 0.29) is 30.7 Å². The lowest BCUT2D eigenvalue weighted by atomic mass is 10.1. The van der Waals surface area contributed by atoms with Crippen LogP contribution < -0.4 is 15.0 Å². The van der Waals surface area contributed by atoms with E-state index in [0.29, 0.717) is 31.4 Å². The number of benzene rings is 1. The zero-order valence-corrected chi connectivity index (χ0v) is 18.8. The van der Waals surface area contributed by atoms with Crippen LogP contribution in [0.5, 0.6) is 5.75 Å². The van der Waals surface area contributed by atoms with Crippen LogP contribution in [-0.4, -0.2) is 71.7 Å². The lowest BCUT2D eigenvalue weighted by Crippen LogP contribution is -2.49. The van der Waals surface area contributed by atoms with Crippen molar-refractivity contribution in [2.45, 2.75) is 25.8 Å². The summed E-state index contributed by atoms with van der Waals surface area (Å²) in [5.41, 5.74) is 1.54. The van der Waals surface area contributed by atoms with Crippen molar-refractivity contribution in [1.29, 1.82) is 0 Å². The number of ether oxygens (including phenoxy) is 1. The van der Waals surface area contributed by atoms with Gasteiger partial charge in [-0.05, 0) is 45.0 Å². The standard InChI is InChI=1S/C20H28N6O2.2ClH/c1-2-28-19-6-4-3-5-18(19)24-11-13-25(14-12-24)20(27)17-15-26(23-22-17)16-7-9-21-10-8-16;;/h3-6,15-16,21H,2,7-14H2,1H3;2*1H. The van der Waals surface area contributed by atoms with E-state index in [4.69, 9.17) is 4.74 Å². The topological polar surface area (TPSA) is 75.5 Å². The number of carbonyl (C=O) groups is 1. The Morgan fingerprint density at radius 1 is 1.13 bits per heavy atom. The van der Waals surface area contributed by atoms with Gasteiger partial charge in [-0.25, -0.2) is 4.68 Å². The Bertz CT molecular complexity index is 804. The summed E-state index contributed by atoms with van der Waals surface area (Å²) in [7, 11) is 0. The van der Waals surface area contributed by atoms with Gasteiger partial charge in [0.25, 0.3) is 5.91 Å². The number of piperazine rings is 1. The number of piperidine rings is 1. The van der Waals surface area contributed by atoms with E-state index < -0.39 is 0 Å². The second kappa shape index (κ2) is 11.4. The molecular weight excluding hydrogens is 427 g/mol. The molecule has 0 atom stereocenters. The predicted octanol–water partition coefficient (Wildman–Crippen LogP) is 2.41. The number of hydrogen-bond acceptors (Lipinski definition) is 6. The first-order valence-corrected chi connectivity index (χ1v) is 10.1. The molecule has 3 heterocycles. The van der Waals surface area contributed by atoms with Crippen LogP contribution in [0.25, 0.3) is 0 Å². The monoisotopic (exact) mass is 456 g/mol. The van der Waals surface area contributed by atoms with Gasteiger partial charge < -0.3 is 19.9 Å². The maximum Gasteiger partial charge on any atom is 0.276 e. The summed E-state index contributed by atoms with van der Waals surface area (Å²) in [6.07, 6.45) is 3.86. The number of nitrogens with one attached hydrogen (secondary N) is 1. The predicted molar refractivity (Wildman–Crippen MR) is 121 cm³/mol. The molecule has 0 bridgehead atoms. The smallest absolute Gasteiger partial charge is 0.276 e. The Morgan fingerprint density at radius 3 is 2.53 bits per heavy atom. The molecule has 0 unspecified atom stereocenters. The Kier molecular flexibility index (Phi) is 9.20. The number of nitrogens with zero attached hydrogens (tertiary/aromatic N) is 5. The fraction of sp³-hybridized carbons (Fsp3) is 0.550. The summed E-state index contributed by atoms with van der Waals surface area (Å²) >= 11 is 0. The zero-order chi connectivity index (χ0) is 19.3. The second-order valence-corrected chi connectivity index (χ2v) is 7.24. The molecule has 1 N–H and O–H groups in total. The van der Waals surface area contributed by atoms with Gasteiger partial charge in [0, 0.05) is 26.2 Å². The highest BCUT2D eigenvalue weighted by Gasteiger charge is 2.26. The lowest BCUT2D eigenvalue weighted by Gasteiger charge is -2.36. The van der Waals surface area contributed by atoms with Gasteiger partial charge in [-0.2, -0.15) is 0 Å². The molecule has 8 nitrogen and oxygen atoms in total. The van der Waals surface area contributed by atoms with Crippen molar-refractivity contribution in [3.05, 3.63) is 36.2 Å². The van der Waals surface area contributed by atoms with E-state index in [2.05, 4.69) is 26.6 Å². The van der Waals surface area contributed by atoms with Crippen LogP contribution >= 0.6 is 24.8 Å². The van der Waals surface area contributed by atoms with Crippen LogP contribution in [-0.2, 0) is 0 Å². The van der Waals surface area contributed by atoms with E-state index in [0.717, 1.165) is 50.5 Å². The third kappa shape index (κ3) is 5.36. The molecule has 2 aliphatic heterocycles. The molecule has 0 saturated carbocycles. The van der Waals surface area contributed by atoms with E-state index in [1.165, 1.54) is 0 Å². The summed E-state index contributed by atoms with van der Waals surface area (Å²) in [5, 5.41) is 11.7. The van der Waals surface area contributed by atoms with Crippen molar-refractivity contribution in [2.24, 2.45) is 0 Å². The molecule has 2 aromatic rings. The molecule has 0 spiro atoms. The molecule has 1 aromatic carbocycles. The van der Waals surface area contributed by atoms with E-state index in [1.54, 1.807) is 0 Å². The molecule has 4 rings (SSSR count). The minimum absolute atomic E-state index is 0. The van der Waals surface area contributed by atoms with Gasteiger partial charge in [-0.15, -0.1) is 29.9 Å². The van der Waals surface area contributed by atoms with Gasteiger partial charge >= 0.3 is 0 Å². The minimum atomic E-state index is -0.0297. The van der Waals surface area contributed by atoms with Crippen molar-refractivity contribution < 1.29 is 9.53 Å². The van der Waals surface area contributed by atoms with Crippen LogP contribution in [0.4, 0.5) is 5.69 Å². The number of hydrogen-bond donors (Lipinski definition) is 1. The third-order valence-corrected chi connectivity index (χ3v) is 5.48. The van der Waals surface area contributed by atoms with Crippen molar-refractivity contribution in [3.63, 3.8) is 0 Å². The average Bonchev–Trinajstić information content (AvgIpc) is 3.25. The second-order valence-electron chi connectivity index (χ2n) is 7.24. The fourth-order valence-corrected chi connectivity index (χ4v) is 3.93. The Morgan fingerprint density at radius 2 is 1.83 bits per heavy atom. The van der Waals surface area contributed by atoms with E-state index in [1.807, 2.05) is 40.9 Å². The van der Waals surface area contributed by atoms with Crippen molar-refractivity contribution in [3.8, 4) is 5.75 Å². The van der Waals surface area contributed by atoms with Crippen LogP contribution in [0.1, 0.15) is 36.3 Å². The van der Waals surface area contributed by atoms with Gasteiger partial charge in [0.05, 0.1) is 24.5 Å². The first-order valence-electron chi connectivity index (χ1n) is 10.1. The lowest BCUT2D eigenvalue weighted by molar-refractivity contribution is 0.0740. The molecule has 10 heteroatoms. The molecule has 1 amide bonds. The van der Waals surface area contributed by atoms with Crippen LogP contribution in [0.3, 0.4) is 0 Å².